The molecule has 3 rings (SSSR count). The van der Waals surface area contributed by atoms with E-state index in [1.165, 1.54) is 17.9 Å². The number of H-pyrrole nitrogens is 1. The zero-order valence-corrected chi connectivity index (χ0v) is 12.4. The summed E-state index contributed by atoms with van der Waals surface area (Å²) in [6.07, 6.45) is 1.25. The molecule has 2 N–H and O–H groups in total. The van der Waals surface area contributed by atoms with Crippen molar-refractivity contribution >= 4 is 22.8 Å². The van der Waals surface area contributed by atoms with E-state index in [0.29, 0.717) is 11.5 Å². The number of fused-ring (bicyclic) bond motifs is 1. The van der Waals surface area contributed by atoms with Crippen molar-refractivity contribution in [3.63, 3.8) is 0 Å². The second kappa shape index (κ2) is 5.17. The van der Waals surface area contributed by atoms with E-state index in [-0.39, 0.29) is 0 Å². The normalized spacial score (nSPS) is 22.7. The van der Waals surface area contributed by atoms with Crippen LogP contribution in [0.25, 0.3) is 11.0 Å². The van der Waals surface area contributed by atoms with Gasteiger partial charge in [-0.3, -0.25) is 0 Å². The molecular formula is C15H21N3S. The number of benzene rings is 1. The van der Waals surface area contributed by atoms with Gasteiger partial charge in [0.05, 0.1) is 17.6 Å². The molecule has 3 nitrogen and oxygen atoms in total. The van der Waals surface area contributed by atoms with Crippen LogP contribution >= 0.6 is 11.8 Å². The maximum atomic E-state index is 4.61. The fourth-order valence-electron chi connectivity index (χ4n) is 2.72. The Balaban J connectivity index is 1.62. The van der Waals surface area contributed by atoms with Gasteiger partial charge < -0.3 is 10.3 Å². The summed E-state index contributed by atoms with van der Waals surface area (Å²) in [5.41, 5.74) is 2.63. The lowest BCUT2D eigenvalue weighted by Crippen LogP contribution is -2.40. The van der Waals surface area contributed by atoms with E-state index < -0.39 is 0 Å². The van der Waals surface area contributed by atoms with Gasteiger partial charge in [-0.05, 0) is 29.7 Å². The second-order valence-electron chi connectivity index (χ2n) is 6.16. The minimum Gasteiger partial charge on any atom is -0.341 e. The lowest BCUT2D eigenvalue weighted by Gasteiger charge is -2.35. The molecule has 1 atom stereocenters. The number of aromatic amines is 1. The predicted molar refractivity (Wildman–Crippen MR) is 82.4 cm³/mol. The molecule has 0 aliphatic carbocycles. The highest BCUT2D eigenvalue weighted by molar-refractivity contribution is 7.99. The number of aromatic nitrogens is 2. The van der Waals surface area contributed by atoms with Crippen molar-refractivity contribution in [2.75, 3.05) is 11.5 Å². The largest absolute Gasteiger partial charge is 0.341 e. The number of para-hydroxylation sites is 2. The summed E-state index contributed by atoms with van der Waals surface area (Å²) < 4.78 is 0. The van der Waals surface area contributed by atoms with Gasteiger partial charge in [-0.1, -0.05) is 26.0 Å². The van der Waals surface area contributed by atoms with Crippen LogP contribution in [0.4, 0.5) is 0 Å². The van der Waals surface area contributed by atoms with Crippen LogP contribution in [-0.2, 0) is 6.54 Å². The first-order valence-corrected chi connectivity index (χ1v) is 8.03. The standard InChI is InChI=1S/C15H21N3S/c1-15(2)7-11(9-19-10-15)16-8-14-17-12-5-3-4-6-13(12)18-14/h3-6,11,16H,7-10H2,1-2H3,(H,17,18). The second-order valence-corrected chi connectivity index (χ2v) is 7.19. The van der Waals surface area contributed by atoms with E-state index in [1.54, 1.807) is 0 Å². The minimum absolute atomic E-state index is 0.453. The van der Waals surface area contributed by atoms with Gasteiger partial charge in [0.25, 0.3) is 0 Å². The van der Waals surface area contributed by atoms with Crippen molar-refractivity contribution < 1.29 is 0 Å². The minimum atomic E-state index is 0.453. The molecule has 1 fully saturated rings. The van der Waals surface area contributed by atoms with Crippen LogP contribution in [0.2, 0.25) is 0 Å². The molecule has 1 aromatic carbocycles. The van der Waals surface area contributed by atoms with E-state index in [9.17, 15) is 0 Å². The molecule has 0 amide bonds. The Kier molecular flexibility index (Phi) is 3.54. The van der Waals surface area contributed by atoms with Crippen molar-refractivity contribution in [3.8, 4) is 0 Å². The third kappa shape index (κ3) is 3.12. The number of rotatable bonds is 3. The molecule has 0 spiro atoms. The van der Waals surface area contributed by atoms with Crippen LogP contribution in [-0.4, -0.2) is 27.5 Å². The molecule has 0 bridgehead atoms. The zero-order valence-electron chi connectivity index (χ0n) is 11.6. The van der Waals surface area contributed by atoms with Gasteiger partial charge in [-0.25, -0.2) is 4.98 Å². The van der Waals surface area contributed by atoms with Crippen LogP contribution in [0.1, 0.15) is 26.1 Å². The Morgan fingerprint density at radius 3 is 3.05 bits per heavy atom. The van der Waals surface area contributed by atoms with Gasteiger partial charge in [-0.15, -0.1) is 0 Å². The van der Waals surface area contributed by atoms with Crippen molar-refractivity contribution in [2.45, 2.75) is 32.9 Å². The molecule has 1 aliphatic rings. The van der Waals surface area contributed by atoms with Gasteiger partial charge >= 0.3 is 0 Å². The van der Waals surface area contributed by atoms with Gasteiger partial charge in [-0.2, -0.15) is 11.8 Å². The molecule has 0 saturated carbocycles. The lowest BCUT2D eigenvalue weighted by atomic mass is 9.88. The Hall–Kier alpha value is -1.00. The third-order valence-electron chi connectivity index (χ3n) is 3.61. The SMILES string of the molecule is CC1(C)CSCC(NCc2nc3ccccc3[nH]2)C1. The Morgan fingerprint density at radius 2 is 2.26 bits per heavy atom. The number of hydrogen-bond acceptors (Lipinski definition) is 3. The molecule has 4 heteroatoms. The van der Waals surface area contributed by atoms with E-state index >= 15 is 0 Å². The quantitative estimate of drug-likeness (QED) is 0.904. The zero-order chi connectivity index (χ0) is 13.3. The first kappa shape index (κ1) is 13.0. The van der Waals surface area contributed by atoms with Gasteiger partial charge in [0, 0.05) is 11.8 Å². The molecular weight excluding hydrogens is 254 g/mol. The van der Waals surface area contributed by atoms with Gasteiger partial charge in [0.15, 0.2) is 0 Å². The van der Waals surface area contributed by atoms with Gasteiger partial charge in [0.1, 0.15) is 5.82 Å². The van der Waals surface area contributed by atoms with Crippen molar-refractivity contribution in [1.29, 1.82) is 0 Å². The summed E-state index contributed by atoms with van der Waals surface area (Å²) in [7, 11) is 0. The smallest absolute Gasteiger partial charge is 0.121 e. The molecule has 2 heterocycles. The first-order chi connectivity index (χ1) is 9.12. The number of nitrogens with zero attached hydrogens (tertiary/aromatic N) is 1. The van der Waals surface area contributed by atoms with E-state index in [1.807, 2.05) is 12.1 Å². The van der Waals surface area contributed by atoms with Gasteiger partial charge in [0.2, 0.25) is 0 Å². The Morgan fingerprint density at radius 1 is 1.42 bits per heavy atom. The van der Waals surface area contributed by atoms with Crippen LogP contribution in [0.5, 0.6) is 0 Å². The lowest BCUT2D eigenvalue weighted by molar-refractivity contribution is 0.316. The highest BCUT2D eigenvalue weighted by Crippen LogP contribution is 2.33. The summed E-state index contributed by atoms with van der Waals surface area (Å²) in [6.45, 7) is 5.54. The van der Waals surface area contributed by atoms with E-state index in [2.05, 4.69) is 53.0 Å². The van der Waals surface area contributed by atoms with Crippen LogP contribution < -0.4 is 5.32 Å². The number of hydrogen-bond donors (Lipinski definition) is 2. The summed E-state index contributed by atoms with van der Waals surface area (Å²) >= 11 is 2.06. The molecule has 1 unspecified atom stereocenters. The molecule has 1 saturated heterocycles. The van der Waals surface area contributed by atoms with E-state index in [4.69, 9.17) is 0 Å². The molecule has 1 aromatic heterocycles. The average Bonchev–Trinajstić information content (AvgIpc) is 2.78. The van der Waals surface area contributed by atoms with Crippen LogP contribution in [0, 0.1) is 5.41 Å². The first-order valence-electron chi connectivity index (χ1n) is 6.87. The fraction of sp³-hybridized carbons (Fsp3) is 0.533. The average molecular weight is 275 g/mol. The Bertz CT molecular complexity index is 528. The summed E-state index contributed by atoms with van der Waals surface area (Å²) in [4.78, 5) is 7.98. The number of nitrogens with one attached hydrogen (secondary N) is 2. The molecule has 102 valence electrons. The molecule has 1 aliphatic heterocycles. The van der Waals surface area contributed by atoms with Crippen molar-refractivity contribution in [3.05, 3.63) is 30.1 Å². The van der Waals surface area contributed by atoms with Crippen LogP contribution in [0.15, 0.2) is 24.3 Å². The van der Waals surface area contributed by atoms with E-state index in [0.717, 1.165) is 23.4 Å². The highest BCUT2D eigenvalue weighted by Gasteiger charge is 2.28. The molecule has 0 radical (unpaired) electrons. The highest BCUT2D eigenvalue weighted by atomic mass is 32.2. The Labute approximate surface area is 118 Å². The summed E-state index contributed by atoms with van der Waals surface area (Å²) in [5.74, 6) is 3.52. The van der Waals surface area contributed by atoms with Crippen molar-refractivity contribution in [1.82, 2.24) is 15.3 Å². The van der Waals surface area contributed by atoms with Crippen molar-refractivity contribution in [2.24, 2.45) is 5.41 Å². The fourth-order valence-corrected chi connectivity index (χ4v) is 4.03. The summed E-state index contributed by atoms with van der Waals surface area (Å²) in [5, 5.41) is 3.64. The predicted octanol–water partition coefficient (Wildman–Crippen LogP) is 3.18. The maximum absolute atomic E-state index is 4.61. The molecule has 2 aromatic rings. The molecule has 19 heavy (non-hydrogen) atoms. The third-order valence-corrected chi connectivity index (χ3v) is 5.23. The monoisotopic (exact) mass is 275 g/mol. The van der Waals surface area contributed by atoms with Crippen LogP contribution in [0.3, 0.4) is 0 Å². The topological polar surface area (TPSA) is 40.7 Å². The number of thioether (sulfide) groups is 1. The summed E-state index contributed by atoms with van der Waals surface area (Å²) in [6, 6.07) is 8.79. The maximum Gasteiger partial charge on any atom is 0.121 e. The number of imidazole rings is 1.